The number of ketones is 1. The van der Waals surface area contributed by atoms with E-state index in [1.54, 1.807) is 0 Å². The molecule has 30 atom stereocenters. The van der Waals surface area contributed by atoms with Gasteiger partial charge in [0.25, 0.3) is 0 Å². The largest absolute Gasteiger partial charge is 0.394 e. The summed E-state index contributed by atoms with van der Waals surface area (Å²) in [6.45, 7) is 7.99. The van der Waals surface area contributed by atoms with Crippen LogP contribution in [0.2, 0.25) is 0 Å². The van der Waals surface area contributed by atoms with E-state index in [1.807, 2.05) is 13.8 Å². The normalized spacial score (nSPS) is 54.5. The standard InChI is InChI=1S/C50H80O23/c1-19(17-65-44-39(61)37(59)35(57)29(15-51)69-44)8-11-50(64)20(2)32-28(73-50)13-26-24-7-6-22-12-23(9-10-48(22,4)25(24)14-31(54)49(26,32)5)68-47-43(72-46-40(62)36(58)33(55)21(3)67-46)41(63)42(30(16-52)70-47)71-45-38(60)34(56)27(53)18-66-45/h6,19-21,23-30,32-47,51-53,55-64H,7-18H2,1-5H3/t19-,20+,21+,23+,24-,25+,26+,27+,28+,29-,30-,32+,33+,34+,35-,36-,37+,38-,39-,40-,41+,42-,43-,44-,45+,46+,47-,48+,49-,50-/m1/s1. The Morgan fingerprint density at radius 2 is 1.38 bits per heavy atom. The van der Waals surface area contributed by atoms with Gasteiger partial charge in [0.2, 0.25) is 0 Å². The Morgan fingerprint density at radius 3 is 2.10 bits per heavy atom. The number of carbonyl (C=O) groups is 1. The Labute approximate surface area is 423 Å². The second-order valence-electron chi connectivity index (χ2n) is 23.2. The van der Waals surface area contributed by atoms with Gasteiger partial charge in [0.05, 0.1) is 44.7 Å². The quantitative estimate of drug-likeness (QED) is 0.0763. The average Bonchev–Trinajstić information content (AvgIpc) is 3.81. The van der Waals surface area contributed by atoms with Crippen LogP contribution in [0.15, 0.2) is 11.6 Å². The number of Topliss-reactive ketones (excluding diaryl/α,β-unsaturated/α-hetero) is 1. The third-order valence-corrected chi connectivity index (χ3v) is 19.0. The molecule has 0 aromatic heterocycles. The van der Waals surface area contributed by atoms with Crippen LogP contribution in [0.5, 0.6) is 0 Å². The highest BCUT2D eigenvalue weighted by Crippen LogP contribution is 2.69. The predicted molar refractivity (Wildman–Crippen MR) is 245 cm³/mol. The van der Waals surface area contributed by atoms with Crippen molar-refractivity contribution >= 4 is 5.78 Å². The molecule has 3 saturated carbocycles. The molecule has 5 heterocycles. The zero-order valence-corrected chi connectivity index (χ0v) is 42.0. The second kappa shape index (κ2) is 21.6. The van der Waals surface area contributed by atoms with Crippen molar-refractivity contribution in [2.24, 2.45) is 46.3 Å². The molecule has 5 aliphatic heterocycles. The summed E-state index contributed by atoms with van der Waals surface area (Å²) in [4.78, 5) is 14.8. The fourth-order valence-electron chi connectivity index (χ4n) is 14.4. The number of fused-ring (bicyclic) bond motifs is 7. The Balaban J connectivity index is 0.857. The van der Waals surface area contributed by atoms with Crippen molar-refractivity contribution in [2.75, 3.05) is 26.4 Å². The van der Waals surface area contributed by atoms with Crippen molar-refractivity contribution in [2.45, 2.75) is 221 Å². The summed E-state index contributed by atoms with van der Waals surface area (Å²) in [7, 11) is 0. The number of hydrogen-bond acceptors (Lipinski definition) is 23. The van der Waals surface area contributed by atoms with Crippen LogP contribution in [0.4, 0.5) is 0 Å². The fraction of sp³-hybridized carbons (Fsp3) is 0.940. The summed E-state index contributed by atoms with van der Waals surface area (Å²) < 4.78 is 53.9. The van der Waals surface area contributed by atoms with E-state index in [0.29, 0.717) is 44.9 Å². The minimum absolute atomic E-state index is 0.00369. The number of rotatable bonds is 14. The summed E-state index contributed by atoms with van der Waals surface area (Å²) >= 11 is 0. The third kappa shape index (κ3) is 9.94. The molecule has 0 radical (unpaired) electrons. The molecule has 0 aromatic rings. The summed E-state index contributed by atoms with van der Waals surface area (Å²) in [5.74, 6) is -1.90. The Kier molecular flexibility index (Phi) is 16.7. The molecular weight excluding hydrogens is 969 g/mol. The Bertz CT molecular complexity index is 1950. The smallest absolute Gasteiger partial charge is 0.187 e. The molecule has 418 valence electrons. The molecule has 23 heteroatoms. The first-order valence-electron chi connectivity index (χ1n) is 26.3. The van der Waals surface area contributed by atoms with E-state index in [4.69, 9.17) is 42.6 Å². The van der Waals surface area contributed by atoms with Gasteiger partial charge in [-0.05, 0) is 74.5 Å². The molecular formula is C50H80O23. The highest BCUT2D eigenvalue weighted by Gasteiger charge is 2.71. The molecule has 23 nitrogen and oxygen atoms in total. The van der Waals surface area contributed by atoms with Crippen molar-refractivity contribution in [3.05, 3.63) is 11.6 Å². The zero-order valence-electron chi connectivity index (χ0n) is 42.0. The minimum Gasteiger partial charge on any atom is -0.394 e. The predicted octanol–water partition coefficient (Wildman–Crippen LogP) is -3.19. The van der Waals surface area contributed by atoms with Gasteiger partial charge < -0.3 is 109 Å². The molecule has 0 amide bonds. The number of hydrogen-bond donors (Lipinski definition) is 13. The van der Waals surface area contributed by atoms with Gasteiger partial charge in [-0.15, -0.1) is 0 Å². The molecule has 4 aliphatic carbocycles. The van der Waals surface area contributed by atoms with Gasteiger partial charge >= 0.3 is 0 Å². The first-order chi connectivity index (χ1) is 34.5. The van der Waals surface area contributed by atoms with Crippen LogP contribution >= 0.6 is 0 Å². The van der Waals surface area contributed by atoms with Crippen molar-refractivity contribution in [3.63, 3.8) is 0 Å². The molecule has 13 N–H and O–H groups in total. The maximum atomic E-state index is 14.8. The lowest BCUT2D eigenvalue weighted by Gasteiger charge is -2.57. The van der Waals surface area contributed by atoms with Crippen LogP contribution in [0.1, 0.15) is 86.0 Å². The topological polar surface area (TPSA) is 363 Å². The van der Waals surface area contributed by atoms with E-state index in [1.165, 1.54) is 6.92 Å². The molecule has 5 saturated heterocycles. The lowest BCUT2D eigenvalue weighted by molar-refractivity contribution is -0.385. The van der Waals surface area contributed by atoms with Crippen LogP contribution in [-0.4, -0.2) is 233 Å². The van der Waals surface area contributed by atoms with Crippen LogP contribution in [0, 0.1) is 46.3 Å². The molecule has 0 aromatic carbocycles. The monoisotopic (exact) mass is 1050 g/mol. The van der Waals surface area contributed by atoms with Crippen molar-refractivity contribution < 1.29 is 114 Å². The molecule has 0 spiro atoms. The molecule has 73 heavy (non-hydrogen) atoms. The average molecular weight is 1050 g/mol. The lowest BCUT2D eigenvalue weighted by Crippen LogP contribution is -2.66. The van der Waals surface area contributed by atoms with E-state index in [-0.39, 0.29) is 65.8 Å². The highest BCUT2D eigenvalue weighted by molar-refractivity contribution is 5.87. The minimum atomic E-state index is -1.78. The maximum absolute atomic E-state index is 14.8. The van der Waals surface area contributed by atoms with E-state index in [2.05, 4.69) is 19.9 Å². The summed E-state index contributed by atoms with van der Waals surface area (Å²) in [6.07, 6.45) is -23.0. The Hall–Kier alpha value is -1.47. The summed E-state index contributed by atoms with van der Waals surface area (Å²) in [5, 5.41) is 138. The number of carbonyl (C=O) groups excluding carboxylic acids is 1. The maximum Gasteiger partial charge on any atom is 0.187 e. The van der Waals surface area contributed by atoms with Gasteiger partial charge in [0, 0.05) is 30.1 Å². The third-order valence-electron chi connectivity index (χ3n) is 19.0. The summed E-state index contributed by atoms with van der Waals surface area (Å²) in [5.41, 5.74) is -0.00331. The zero-order chi connectivity index (χ0) is 52.8. The SMILES string of the molecule is C[C@H](CC[C@@]1(O)O[C@H]2C[C@H]3[C@@H]4CC=C5C[C@@H](O[C@@H]6O[C@H](CO)[C@@H](O[C@@H]7OC[C@H](O)[C@H](O)[C@H]7O)[C@H](O)[C@H]6O[C@@H]6O[C@@H](C)[C@H](O)[C@@H](O)[C@H]6O)CC[C@]5(C)[C@H]4CC(=O)[C@]3(C)[C@H]2[C@@H]1C)CO[C@@H]1O[C@H](CO)[C@@H](O)[C@H](O)[C@H]1O. The van der Waals surface area contributed by atoms with Crippen molar-refractivity contribution in [3.8, 4) is 0 Å². The van der Waals surface area contributed by atoms with E-state index in [9.17, 15) is 71.2 Å². The van der Waals surface area contributed by atoms with Crippen LogP contribution in [0.25, 0.3) is 0 Å². The molecule has 0 unspecified atom stereocenters. The Morgan fingerprint density at radius 1 is 0.726 bits per heavy atom. The van der Waals surface area contributed by atoms with E-state index >= 15 is 0 Å². The van der Waals surface area contributed by atoms with Gasteiger partial charge in [-0.2, -0.15) is 0 Å². The van der Waals surface area contributed by atoms with Crippen molar-refractivity contribution in [1.82, 2.24) is 0 Å². The lowest BCUT2D eigenvalue weighted by atomic mass is 9.46. The molecule has 9 rings (SSSR count). The molecule has 9 aliphatic rings. The van der Waals surface area contributed by atoms with Gasteiger partial charge in [0.15, 0.2) is 30.9 Å². The fourth-order valence-corrected chi connectivity index (χ4v) is 14.4. The van der Waals surface area contributed by atoms with Gasteiger partial charge in [-0.25, -0.2) is 0 Å². The number of aliphatic hydroxyl groups excluding tert-OH is 12. The van der Waals surface area contributed by atoms with Gasteiger partial charge in [-0.1, -0.05) is 39.3 Å². The molecule has 8 fully saturated rings. The van der Waals surface area contributed by atoms with E-state index < -0.39 is 154 Å². The van der Waals surface area contributed by atoms with Crippen LogP contribution in [0.3, 0.4) is 0 Å². The number of ether oxygens (including phenoxy) is 9. The first-order valence-corrected chi connectivity index (χ1v) is 26.3. The highest BCUT2D eigenvalue weighted by atomic mass is 16.8. The molecule has 0 bridgehead atoms. The van der Waals surface area contributed by atoms with Crippen molar-refractivity contribution in [1.29, 1.82) is 0 Å². The first kappa shape index (κ1) is 56.3. The van der Waals surface area contributed by atoms with Crippen LogP contribution < -0.4 is 0 Å². The second-order valence-corrected chi connectivity index (χ2v) is 23.2. The van der Waals surface area contributed by atoms with Crippen LogP contribution in [-0.2, 0) is 47.4 Å². The number of allylic oxidation sites excluding steroid dienone is 1. The summed E-state index contributed by atoms with van der Waals surface area (Å²) in [6, 6.07) is 0. The van der Waals surface area contributed by atoms with E-state index in [0.717, 1.165) is 5.57 Å². The van der Waals surface area contributed by atoms with Gasteiger partial charge in [-0.3, -0.25) is 4.79 Å². The number of aliphatic hydroxyl groups is 13. The van der Waals surface area contributed by atoms with Gasteiger partial charge in [0.1, 0.15) is 91.2 Å².